The van der Waals surface area contributed by atoms with E-state index in [2.05, 4.69) is 33.8 Å². The zero-order valence-corrected chi connectivity index (χ0v) is 25.5. The predicted molar refractivity (Wildman–Crippen MR) is 164 cm³/mol. The molecule has 1 aromatic heterocycles. The molecule has 41 heavy (non-hydrogen) atoms. The summed E-state index contributed by atoms with van der Waals surface area (Å²) in [5.74, 6) is 2.76. The van der Waals surface area contributed by atoms with Gasteiger partial charge in [-0.25, -0.2) is 23.5 Å². The van der Waals surface area contributed by atoms with Crippen LogP contribution in [0.15, 0.2) is 62.7 Å². The standard InChI is InChI=1S/C35H49N3O3/c1-23(2)10-8-11-24(3)30-17-18-31-25(12-9-19-35(30,31)4)20-32-29-21-28(39)16-15-26(29)22-36-33(40)37(34(41)38(32)36)27-13-6-5-7-14-27/h5-7,13-14,20,23-24,28,30-32,39H,8-12,15-19,21-22H2,1-4H3/b25-20+/t24-,28+,30-,31+,32+,35-/m1/s1. The highest BCUT2D eigenvalue weighted by Crippen LogP contribution is 2.60. The second-order valence-corrected chi connectivity index (χ2v) is 14.2. The Bertz CT molecular complexity index is 1440. The van der Waals surface area contributed by atoms with Crippen LogP contribution in [0.2, 0.25) is 0 Å². The number of aliphatic hydroxyl groups excluding tert-OH is 1. The Morgan fingerprint density at radius 2 is 1.80 bits per heavy atom. The number of fused-ring (bicyclic) bond motifs is 2. The first-order valence-corrected chi connectivity index (χ1v) is 16.3. The predicted octanol–water partition coefficient (Wildman–Crippen LogP) is 6.80. The van der Waals surface area contributed by atoms with Crippen LogP contribution in [0.5, 0.6) is 0 Å². The van der Waals surface area contributed by atoms with Gasteiger partial charge in [0.15, 0.2) is 0 Å². The minimum Gasteiger partial charge on any atom is -0.393 e. The zero-order chi connectivity index (χ0) is 28.9. The summed E-state index contributed by atoms with van der Waals surface area (Å²) in [6.07, 6.45) is 14.0. The van der Waals surface area contributed by atoms with Crippen LogP contribution in [-0.4, -0.2) is 25.1 Å². The lowest BCUT2D eigenvalue weighted by atomic mass is 9.60. The summed E-state index contributed by atoms with van der Waals surface area (Å²) in [5, 5.41) is 10.7. The molecule has 0 radical (unpaired) electrons. The molecule has 2 saturated carbocycles. The van der Waals surface area contributed by atoms with Crippen molar-refractivity contribution >= 4 is 0 Å². The molecule has 6 heteroatoms. The van der Waals surface area contributed by atoms with Crippen LogP contribution in [0.3, 0.4) is 0 Å². The smallest absolute Gasteiger partial charge is 0.352 e. The van der Waals surface area contributed by atoms with Crippen LogP contribution in [-0.2, 0) is 6.54 Å². The number of aliphatic hydroxyl groups is 1. The molecule has 2 aromatic rings. The fraction of sp³-hybridized carbons (Fsp3) is 0.657. The van der Waals surface area contributed by atoms with E-state index in [1.165, 1.54) is 60.7 Å². The summed E-state index contributed by atoms with van der Waals surface area (Å²) in [7, 11) is 0. The number of rotatable bonds is 7. The summed E-state index contributed by atoms with van der Waals surface area (Å²) in [6, 6.07) is 8.98. The number of aromatic nitrogens is 3. The van der Waals surface area contributed by atoms with Crippen molar-refractivity contribution in [3.63, 3.8) is 0 Å². The van der Waals surface area contributed by atoms with Crippen molar-refractivity contribution in [2.45, 2.75) is 117 Å². The SMILES string of the molecule is CC(C)CCC[C@@H](C)[C@H]1CC[C@H]2/C(=C/[C@H]3C4=C(CC[C@H](O)C4)Cn4c(=O)n(-c5ccccc5)c(=O)n43)CCC[C@]12C. The molecule has 2 fully saturated rings. The van der Waals surface area contributed by atoms with Gasteiger partial charge in [-0.3, -0.25) is 0 Å². The van der Waals surface area contributed by atoms with E-state index in [1.54, 1.807) is 9.36 Å². The maximum atomic E-state index is 14.0. The van der Waals surface area contributed by atoms with Gasteiger partial charge in [0.2, 0.25) is 0 Å². The van der Waals surface area contributed by atoms with Crippen LogP contribution < -0.4 is 11.4 Å². The highest BCUT2D eigenvalue weighted by atomic mass is 16.3. The molecule has 1 aromatic carbocycles. The van der Waals surface area contributed by atoms with Gasteiger partial charge in [0.05, 0.1) is 24.4 Å². The van der Waals surface area contributed by atoms with E-state index < -0.39 is 0 Å². The molecule has 1 aliphatic heterocycles. The second-order valence-electron chi connectivity index (χ2n) is 14.2. The van der Waals surface area contributed by atoms with Gasteiger partial charge in [-0.15, -0.1) is 0 Å². The molecule has 1 N–H and O–H groups in total. The van der Waals surface area contributed by atoms with Gasteiger partial charge in [-0.05, 0) is 104 Å². The summed E-state index contributed by atoms with van der Waals surface area (Å²) < 4.78 is 4.71. The van der Waals surface area contributed by atoms with Crippen LogP contribution in [0.25, 0.3) is 5.69 Å². The first-order valence-electron chi connectivity index (χ1n) is 16.3. The third-order valence-electron chi connectivity index (χ3n) is 11.3. The van der Waals surface area contributed by atoms with Gasteiger partial charge >= 0.3 is 11.4 Å². The molecule has 6 rings (SSSR count). The van der Waals surface area contributed by atoms with E-state index in [4.69, 9.17) is 0 Å². The average Bonchev–Trinajstić information content (AvgIpc) is 3.42. The van der Waals surface area contributed by atoms with Gasteiger partial charge in [-0.1, -0.05) is 76.8 Å². The maximum absolute atomic E-state index is 14.0. The Hall–Kier alpha value is -2.60. The van der Waals surface area contributed by atoms with Crippen LogP contribution in [0.1, 0.15) is 104 Å². The normalized spacial score (nSPS) is 31.3. The number of hydrogen-bond donors (Lipinski definition) is 1. The van der Waals surface area contributed by atoms with Crippen molar-refractivity contribution in [1.82, 2.24) is 13.9 Å². The van der Waals surface area contributed by atoms with E-state index in [9.17, 15) is 14.7 Å². The molecule has 6 atom stereocenters. The highest BCUT2D eigenvalue weighted by molar-refractivity contribution is 5.35. The van der Waals surface area contributed by atoms with E-state index >= 15 is 0 Å². The Kier molecular flexibility index (Phi) is 7.82. The third-order valence-corrected chi connectivity index (χ3v) is 11.3. The molecule has 6 nitrogen and oxygen atoms in total. The monoisotopic (exact) mass is 559 g/mol. The molecule has 0 bridgehead atoms. The van der Waals surface area contributed by atoms with Crippen molar-refractivity contribution in [3.05, 3.63) is 74.1 Å². The van der Waals surface area contributed by atoms with E-state index in [-0.39, 0.29) is 23.5 Å². The van der Waals surface area contributed by atoms with E-state index in [0.717, 1.165) is 42.6 Å². The fourth-order valence-electron chi connectivity index (χ4n) is 9.18. The molecule has 0 amide bonds. The first kappa shape index (κ1) is 28.5. The van der Waals surface area contributed by atoms with Crippen molar-refractivity contribution < 1.29 is 5.11 Å². The lowest BCUT2D eigenvalue weighted by Gasteiger charge is -2.45. The molecule has 0 unspecified atom stereocenters. The maximum Gasteiger partial charge on any atom is 0.352 e. The van der Waals surface area contributed by atoms with Crippen molar-refractivity contribution in [1.29, 1.82) is 0 Å². The van der Waals surface area contributed by atoms with Gasteiger partial charge in [-0.2, -0.15) is 0 Å². The molecule has 3 aliphatic carbocycles. The summed E-state index contributed by atoms with van der Waals surface area (Å²) in [5.41, 5.74) is 4.21. The molecule has 0 spiro atoms. The highest BCUT2D eigenvalue weighted by Gasteiger charge is 2.51. The average molecular weight is 560 g/mol. The minimum absolute atomic E-state index is 0.271. The number of para-hydroxylation sites is 1. The first-order chi connectivity index (χ1) is 19.7. The van der Waals surface area contributed by atoms with Crippen molar-refractivity contribution in [2.75, 3.05) is 0 Å². The van der Waals surface area contributed by atoms with Crippen molar-refractivity contribution in [3.8, 4) is 5.69 Å². The Morgan fingerprint density at radius 3 is 2.56 bits per heavy atom. The van der Waals surface area contributed by atoms with E-state index in [1.807, 2.05) is 30.3 Å². The fourth-order valence-corrected chi connectivity index (χ4v) is 9.18. The van der Waals surface area contributed by atoms with Crippen LogP contribution in [0.4, 0.5) is 0 Å². The number of hydrogen-bond acceptors (Lipinski definition) is 3. The minimum atomic E-state index is -0.390. The molecule has 2 heterocycles. The Balaban J connectivity index is 1.38. The quantitative estimate of drug-likeness (QED) is 0.379. The zero-order valence-electron chi connectivity index (χ0n) is 25.5. The third kappa shape index (κ3) is 5.04. The lowest BCUT2D eigenvalue weighted by Crippen LogP contribution is -2.39. The summed E-state index contributed by atoms with van der Waals surface area (Å²) in [4.78, 5) is 27.7. The van der Waals surface area contributed by atoms with Crippen LogP contribution >= 0.6 is 0 Å². The molecular formula is C35H49N3O3. The van der Waals surface area contributed by atoms with Crippen molar-refractivity contribution in [2.24, 2.45) is 29.1 Å². The van der Waals surface area contributed by atoms with Gasteiger partial charge in [0.25, 0.3) is 0 Å². The number of nitrogens with zero attached hydrogens (tertiary/aromatic N) is 3. The lowest BCUT2D eigenvalue weighted by molar-refractivity contribution is 0.0922. The molecule has 222 valence electrons. The summed E-state index contributed by atoms with van der Waals surface area (Å²) >= 11 is 0. The van der Waals surface area contributed by atoms with Gasteiger partial charge in [0, 0.05) is 0 Å². The Labute approximate surface area is 244 Å². The molecular weight excluding hydrogens is 510 g/mol. The number of benzene rings is 1. The number of allylic oxidation sites excluding steroid dienone is 3. The topological polar surface area (TPSA) is 69.2 Å². The van der Waals surface area contributed by atoms with E-state index in [0.29, 0.717) is 30.0 Å². The largest absolute Gasteiger partial charge is 0.393 e. The Morgan fingerprint density at radius 1 is 1.02 bits per heavy atom. The molecule has 4 aliphatic rings. The van der Waals surface area contributed by atoms with Crippen LogP contribution in [0, 0.1) is 29.1 Å². The summed E-state index contributed by atoms with van der Waals surface area (Å²) in [6.45, 7) is 10.1. The molecule has 0 saturated heterocycles. The van der Waals surface area contributed by atoms with Gasteiger partial charge < -0.3 is 5.11 Å². The van der Waals surface area contributed by atoms with Gasteiger partial charge in [0.1, 0.15) is 0 Å². The second kappa shape index (κ2) is 11.2.